The van der Waals surface area contributed by atoms with Crippen molar-refractivity contribution in [3.8, 4) is 5.75 Å². The van der Waals surface area contributed by atoms with Crippen molar-refractivity contribution in [1.82, 2.24) is 9.97 Å². The fourth-order valence-corrected chi connectivity index (χ4v) is 3.21. The number of ether oxygens (including phenoxy) is 1. The molecule has 0 saturated heterocycles. The van der Waals surface area contributed by atoms with Crippen molar-refractivity contribution >= 4 is 34.4 Å². The van der Waals surface area contributed by atoms with Gasteiger partial charge in [0, 0.05) is 0 Å². The number of hydrogen-bond acceptors (Lipinski definition) is 5. The van der Waals surface area contributed by atoms with Crippen molar-refractivity contribution in [2.45, 2.75) is 18.9 Å². The topological polar surface area (TPSA) is 64.1 Å². The molecule has 1 amide bonds. The maximum atomic E-state index is 12.3. The van der Waals surface area contributed by atoms with E-state index in [0.717, 1.165) is 27.3 Å². The largest absolute Gasteiger partial charge is 0.495 e. The highest BCUT2D eigenvalue weighted by atomic mass is 32.2. The summed E-state index contributed by atoms with van der Waals surface area (Å²) in [7, 11) is 1.59. The van der Waals surface area contributed by atoms with Crippen molar-refractivity contribution in [3.63, 3.8) is 0 Å². The molecule has 0 saturated carbocycles. The number of amides is 1. The first-order chi connectivity index (χ1) is 12.1. The predicted molar refractivity (Wildman–Crippen MR) is 101 cm³/mol. The first-order valence-electron chi connectivity index (χ1n) is 7.87. The Kier molecular flexibility index (Phi) is 5.19. The minimum atomic E-state index is -0.108. The number of thioether (sulfide) groups is 1. The van der Waals surface area contributed by atoms with Crippen LogP contribution in [0.1, 0.15) is 11.3 Å². The number of aromatic nitrogens is 2. The lowest BCUT2D eigenvalue weighted by Crippen LogP contribution is -2.15. The predicted octanol–water partition coefficient (Wildman–Crippen LogP) is 3.99. The van der Waals surface area contributed by atoms with Crippen LogP contribution in [0, 0.1) is 13.8 Å². The molecular weight excluding hydrogens is 334 g/mol. The SMILES string of the molecule is COc1ccc(C)cc1NC(=O)CSc1nc2ccccc2nc1C. The summed E-state index contributed by atoms with van der Waals surface area (Å²) in [5, 5.41) is 3.66. The number of carbonyl (C=O) groups excluding carboxylic acids is 1. The smallest absolute Gasteiger partial charge is 0.234 e. The Morgan fingerprint density at radius 1 is 1.12 bits per heavy atom. The molecule has 128 valence electrons. The molecule has 0 aliphatic heterocycles. The van der Waals surface area contributed by atoms with Gasteiger partial charge in [0.2, 0.25) is 5.91 Å². The second-order valence-corrected chi connectivity index (χ2v) is 6.61. The zero-order valence-electron chi connectivity index (χ0n) is 14.4. The van der Waals surface area contributed by atoms with Gasteiger partial charge in [-0.15, -0.1) is 0 Å². The number of carbonyl (C=O) groups is 1. The van der Waals surface area contributed by atoms with E-state index >= 15 is 0 Å². The van der Waals surface area contributed by atoms with E-state index in [1.807, 2.05) is 56.3 Å². The first-order valence-corrected chi connectivity index (χ1v) is 8.86. The summed E-state index contributed by atoms with van der Waals surface area (Å²) in [5.74, 6) is 0.791. The maximum absolute atomic E-state index is 12.3. The van der Waals surface area contributed by atoms with Crippen LogP contribution >= 0.6 is 11.8 Å². The van der Waals surface area contributed by atoms with Gasteiger partial charge in [0.25, 0.3) is 0 Å². The molecule has 0 aliphatic rings. The average molecular weight is 353 g/mol. The second kappa shape index (κ2) is 7.53. The fraction of sp³-hybridized carbons (Fsp3) is 0.211. The van der Waals surface area contributed by atoms with Crippen LogP contribution in [0.2, 0.25) is 0 Å². The Bertz CT molecular complexity index is 928. The molecule has 1 aromatic heterocycles. The van der Waals surface area contributed by atoms with Crippen LogP contribution in [0.25, 0.3) is 11.0 Å². The minimum absolute atomic E-state index is 0.108. The van der Waals surface area contributed by atoms with Crippen molar-refractivity contribution in [2.24, 2.45) is 0 Å². The second-order valence-electron chi connectivity index (χ2n) is 5.64. The van der Waals surface area contributed by atoms with Crippen molar-refractivity contribution in [2.75, 3.05) is 18.2 Å². The summed E-state index contributed by atoms with van der Waals surface area (Å²) >= 11 is 1.38. The van der Waals surface area contributed by atoms with E-state index in [-0.39, 0.29) is 11.7 Å². The van der Waals surface area contributed by atoms with Gasteiger partial charge in [-0.1, -0.05) is 30.0 Å². The number of aryl methyl sites for hydroxylation is 2. The number of anilines is 1. The van der Waals surface area contributed by atoms with Crippen LogP contribution in [0.4, 0.5) is 5.69 Å². The molecule has 0 spiro atoms. The number of hydrogen-bond donors (Lipinski definition) is 1. The lowest BCUT2D eigenvalue weighted by atomic mass is 10.2. The Hall–Kier alpha value is -2.60. The monoisotopic (exact) mass is 353 g/mol. The van der Waals surface area contributed by atoms with Crippen LogP contribution in [-0.4, -0.2) is 28.7 Å². The third kappa shape index (κ3) is 4.09. The molecule has 1 heterocycles. The molecule has 5 nitrogen and oxygen atoms in total. The van der Waals surface area contributed by atoms with E-state index in [9.17, 15) is 4.79 Å². The van der Waals surface area contributed by atoms with E-state index in [2.05, 4.69) is 15.3 Å². The summed E-state index contributed by atoms with van der Waals surface area (Å²) < 4.78 is 5.29. The van der Waals surface area contributed by atoms with E-state index in [4.69, 9.17) is 4.74 Å². The van der Waals surface area contributed by atoms with E-state index in [1.54, 1.807) is 7.11 Å². The molecule has 0 atom stereocenters. The molecule has 1 N–H and O–H groups in total. The summed E-state index contributed by atoms with van der Waals surface area (Å²) in [6, 6.07) is 13.4. The van der Waals surface area contributed by atoms with Gasteiger partial charge >= 0.3 is 0 Å². The molecule has 3 rings (SSSR count). The van der Waals surface area contributed by atoms with Crippen LogP contribution in [0.5, 0.6) is 5.75 Å². The number of para-hydroxylation sites is 2. The lowest BCUT2D eigenvalue weighted by Gasteiger charge is -2.11. The summed E-state index contributed by atoms with van der Waals surface area (Å²) in [5.41, 5.74) is 4.24. The summed E-state index contributed by atoms with van der Waals surface area (Å²) in [6.07, 6.45) is 0. The Balaban J connectivity index is 1.70. The third-order valence-corrected chi connectivity index (χ3v) is 4.74. The van der Waals surface area contributed by atoms with Gasteiger partial charge in [-0.25, -0.2) is 9.97 Å². The number of nitrogens with one attached hydrogen (secondary N) is 1. The van der Waals surface area contributed by atoms with E-state index < -0.39 is 0 Å². The average Bonchev–Trinajstić information content (AvgIpc) is 2.60. The maximum Gasteiger partial charge on any atom is 0.234 e. The van der Waals surface area contributed by atoms with Crippen molar-refractivity contribution < 1.29 is 9.53 Å². The standard InChI is InChI=1S/C19H19N3O2S/c1-12-8-9-17(24-3)16(10-12)21-18(23)11-25-19-13(2)20-14-6-4-5-7-15(14)22-19/h4-10H,11H2,1-3H3,(H,21,23). The number of nitrogens with zero attached hydrogens (tertiary/aromatic N) is 2. The van der Waals surface area contributed by atoms with Crippen LogP contribution in [0.3, 0.4) is 0 Å². The Morgan fingerprint density at radius 3 is 2.56 bits per heavy atom. The molecule has 0 radical (unpaired) electrons. The molecule has 25 heavy (non-hydrogen) atoms. The van der Waals surface area contributed by atoms with Gasteiger partial charge in [0.05, 0.1) is 35.3 Å². The van der Waals surface area contributed by atoms with Gasteiger partial charge in [0.1, 0.15) is 10.8 Å². The summed E-state index contributed by atoms with van der Waals surface area (Å²) in [6.45, 7) is 3.88. The van der Waals surface area contributed by atoms with Gasteiger partial charge in [-0.05, 0) is 43.7 Å². The Morgan fingerprint density at radius 2 is 1.84 bits per heavy atom. The van der Waals surface area contributed by atoms with E-state index in [0.29, 0.717) is 11.4 Å². The van der Waals surface area contributed by atoms with Gasteiger partial charge in [-0.3, -0.25) is 4.79 Å². The quantitative estimate of drug-likeness (QED) is 0.703. The van der Waals surface area contributed by atoms with Crippen LogP contribution in [0.15, 0.2) is 47.5 Å². The molecule has 6 heteroatoms. The van der Waals surface area contributed by atoms with Crippen LogP contribution in [-0.2, 0) is 4.79 Å². The minimum Gasteiger partial charge on any atom is -0.495 e. The summed E-state index contributed by atoms with van der Waals surface area (Å²) in [4.78, 5) is 21.4. The first kappa shape index (κ1) is 17.2. The number of benzene rings is 2. The van der Waals surface area contributed by atoms with Crippen molar-refractivity contribution in [3.05, 3.63) is 53.7 Å². The van der Waals surface area contributed by atoms with E-state index in [1.165, 1.54) is 11.8 Å². The van der Waals surface area contributed by atoms with Crippen molar-refractivity contribution in [1.29, 1.82) is 0 Å². The number of fused-ring (bicyclic) bond motifs is 1. The van der Waals surface area contributed by atoms with Gasteiger partial charge in [-0.2, -0.15) is 0 Å². The Labute approximate surface area is 150 Å². The molecule has 0 unspecified atom stereocenters. The molecule has 0 bridgehead atoms. The zero-order chi connectivity index (χ0) is 17.8. The number of rotatable bonds is 5. The lowest BCUT2D eigenvalue weighted by molar-refractivity contribution is -0.113. The molecular formula is C19H19N3O2S. The third-order valence-electron chi connectivity index (χ3n) is 3.67. The molecule has 0 fully saturated rings. The molecule has 2 aromatic carbocycles. The van der Waals surface area contributed by atoms with Crippen LogP contribution < -0.4 is 10.1 Å². The molecule has 3 aromatic rings. The van der Waals surface area contributed by atoms with Gasteiger partial charge in [0.15, 0.2) is 0 Å². The highest BCUT2D eigenvalue weighted by Gasteiger charge is 2.11. The highest BCUT2D eigenvalue weighted by molar-refractivity contribution is 8.00. The number of methoxy groups -OCH3 is 1. The zero-order valence-corrected chi connectivity index (χ0v) is 15.2. The normalized spacial score (nSPS) is 10.7. The van der Waals surface area contributed by atoms with Gasteiger partial charge < -0.3 is 10.1 Å². The molecule has 0 aliphatic carbocycles. The highest BCUT2D eigenvalue weighted by Crippen LogP contribution is 2.26. The fourth-order valence-electron chi connectivity index (χ4n) is 2.45.